The lowest BCUT2D eigenvalue weighted by Crippen LogP contribution is -2.53. The monoisotopic (exact) mass is 629 g/mol. The molecule has 1 aliphatic rings. The van der Waals surface area contributed by atoms with Crippen LogP contribution in [-0.2, 0) is 26.2 Å². The minimum atomic E-state index is -4.19. The molecule has 7 nitrogen and oxygen atoms in total. The fraction of sp³-hybridized carbons (Fsp3) is 0.375. The van der Waals surface area contributed by atoms with Gasteiger partial charge in [-0.3, -0.25) is 13.9 Å². The van der Waals surface area contributed by atoms with Gasteiger partial charge in [0.25, 0.3) is 10.0 Å². The third-order valence-electron chi connectivity index (χ3n) is 7.63. The number of aryl methyl sites for hydroxylation is 2. The molecular weight excluding hydrogens is 593 g/mol. The Morgan fingerprint density at radius 1 is 0.905 bits per heavy atom. The summed E-state index contributed by atoms with van der Waals surface area (Å²) in [5, 5.41) is 3.53. The molecule has 1 saturated carbocycles. The Balaban J connectivity index is 1.69. The average molecular weight is 631 g/mol. The van der Waals surface area contributed by atoms with Gasteiger partial charge in [-0.05, 0) is 69.5 Å². The zero-order valence-corrected chi connectivity index (χ0v) is 26.5. The van der Waals surface area contributed by atoms with Gasteiger partial charge < -0.3 is 10.2 Å². The Kier molecular flexibility index (Phi) is 10.6. The Labute approximate surface area is 258 Å². The first-order valence-electron chi connectivity index (χ1n) is 14.2. The molecule has 0 heterocycles. The van der Waals surface area contributed by atoms with Gasteiger partial charge in [-0.2, -0.15) is 0 Å². The minimum absolute atomic E-state index is 0.0281. The summed E-state index contributed by atoms with van der Waals surface area (Å²) in [6.07, 6.45) is 5.08. The second kappa shape index (κ2) is 13.9. The largest absolute Gasteiger partial charge is 0.352 e. The highest BCUT2D eigenvalue weighted by atomic mass is 35.5. The van der Waals surface area contributed by atoms with Crippen molar-refractivity contribution in [3.05, 3.63) is 93.5 Å². The molecule has 2 amide bonds. The summed E-state index contributed by atoms with van der Waals surface area (Å²) in [5.41, 5.74) is 2.93. The van der Waals surface area contributed by atoms with Crippen molar-refractivity contribution in [2.24, 2.45) is 0 Å². The van der Waals surface area contributed by atoms with Gasteiger partial charge in [0.1, 0.15) is 12.6 Å². The molecule has 0 aromatic heterocycles. The maximum Gasteiger partial charge on any atom is 0.264 e. The highest BCUT2D eigenvalue weighted by molar-refractivity contribution is 7.92. The number of hydrogen-bond acceptors (Lipinski definition) is 4. The smallest absolute Gasteiger partial charge is 0.264 e. The third kappa shape index (κ3) is 7.85. The summed E-state index contributed by atoms with van der Waals surface area (Å²) >= 11 is 12.4. The standard InChI is InChI=1S/C32H37Cl2N3O4S/c1-22-12-15-28(16-13-22)42(40,41)37(27-14-17-29(33)30(34)19-27)21-31(38)36(20-25-9-7-8-23(2)18-25)24(3)32(39)35-26-10-5-4-6-11-26/h7-9,12-19,24,26H,4-6,10-11,20-21H2,1-3H3,(H,35,39)/t24-/m0/s1. The predicted octanol–water partition coefficient (Wildman–Crippen LogP) is 6.67. The van der Waals surface area contributed by atoms with Gasteiger partial charge in [0.05, 0.1) is 20.6 Å². The number of anilines is 1. The maximum absolute atomic E-state index is 14.1. The van der Waals surface area contributed by atoms with E-state index >= 15 is 0 Å². The van der Waals surface area contributed by atoms with E-state index in [4.69, 9.17) is 23.2 Å². The van der Waals surface area contributed by atoms with Crippen LogP contribution < -0.4 is 9.62 Å². The topological polar surface area (TPSA) is 86.8 Å². The van der Waals surface area contributed by atoms with Crippen molar-refractivity contribution >= 4 is 50.7 Å². The lowest BCUT2D eigenvalue weighted by atomic mass is 9.95. The number of benzene rings is 3. The molecule has 0 spiro atoms. The lowest BCUT2D eigenvalue weighted by Gasteiger charge is -2.33. The van der Waals surface area contributed by atoms with E-state index in [1.54, 1.807) is 19.1 Å². The number of carbonyl (C=O) groups excluding carboxylic acids is 2. The van der Waals surface area contributed by atoms with Crippen LogP contribution in [0.5, 0.6) is 0 Å². The normalized spacial score (nSPS) is 14.7. The van der Waals surface area contributed by atoms with Crippen molar-refractivity contribution in [3.63, 3.8) is 0 Å². The van der Waals surface area contributed by atoms with E-state index < -0.39 is 28.5 Å². The summed E-state index contributed by atoms with van der Waals surface area (Å²) < 4.78 is 29.0. The van der Waals surface area contributed by atoms with Crippen LogP contribution in [0.2, 0.25) is 10.0 Å². The van der Waals surface area contributed by atoms with Crippen LogP contribution in [0.25, 0.3) is 0 Å². The van der Waals surface area contributed by atoms with Crippen LogP contribution in [0.15, 0.2) is 71.6 Å². The molecule has 224 valence electrons. The summed E-state index contributed by atoms with van der Waals surface area (Å²) in [6, 6.07) is 17.7. The molecule has 3 aromatic rings. The van der Waals surface area contributed by atoms with E-state index in [1.807, 2.05) is 38.1 Å². The summed E-state index contributed by atoms with van der Waals surface area (Å²) in [6.45, 7) is 5.10. The maximum atomic E-state index is 14.1. The number of sulfonamides is 1. The van der Waals surface area contributed by atoms with Gasteiger partial charge in [-0.25, -0.2) is 8.42 Å². The second-order valence-electron chi connectivity index (χ2n) is 11.0. The van der Waals surface area contributed by atoms with Crippen LogP contribution in [0.1, 0.15) is 55.7 Å². The fourth-order valence-electron chi connectivity index (χ4n) is 5.16. The third-order valence-corrected chi connectivity index (χ3v) is 10.2. The van der Waals surface area contributed by atoms with Crippen molar-refractivity contribution in [2.45, 2.75) is 76.4 Å². The summed E-state index contributed by atoms with van der Waals surface area (Å²) in [4.78, 5) is 29.0. The minimum Gasteiger partial charge on any atom is -0.352 e. The Morgan fingerprint density at radius 2 is 1.60 bits per heavy atom. The average Bonchev–Trinajstić information content (AvgIpc) is 2.96. The first-order valence-corrected chi connectivity index (χ1v) is 16.3. The Morgan fingerprint density at radius 3 is 2.24 bits per heavy atom. The van der Waals surface area contributed by atoms with Gasteiger partial charge in [0.15, 0.2) is 0 Å². The second-order valence-corrected chi connectivity index (χ2v) is 13.6. The van der Waals surface area contributed by atoms with Crippen molar-refractivity contribution < 1.29 is 18.0 Å². The van der Waals surface area contributed by atoms with Crippen molar-refractivity contribution in [1.82, 2.24) is 10.2 Å². The molecular formula is C32H37Cl2N3O4S. The SMILES string of the molecule is Cc1ccc(S(=O)(=O)N(CC(=O)N(Cc2cccc(C)c2)[C@@H](C)C(=O)NC2CCCCC2)c2ccc(Cl)c(Cl)c2)cc1. The van der Waals surface area contributed by atoms with Crippen LogP contribution >= 0.6 is 23.2 Å². The van der Waals surface area contributed by atoms with E-state index in [1.165, 1.54) is 35.2 Å². The number of nitrogens with zero attached hydrogens (tertiary/aromatic N) is 2. The molecule has 1 atom stereocenters. The molecule has 0 unspecified atom stereocenters. The molecule has 0 bridgehead atoms. The van der Waals surface area contributed by atoms with E-state index in [0.29, 0.717) is 0 Å². The zero-order chi connectivity index (χ0) is 30.4. The van der Waals surface area contributed by atoms with Gasteiger partial charge in [-0.1, -0.05) is 90.0 Å². The molecule has 1 aliphatic carbocycles. The molecule has 42 heavy (non-hydrogen) atoms. The van der Waals surface area contributed by atoms with Crippen molar-refractivity contribution in [3.8, 4) is 0 Å². The molecule has 1 N–H and O–H groups in total. The van der Waals surface area contributed by atoms with Gasteiger partial charge in [0, 0.05) is 12.6 Å². The predicted molar refractivity (Wildman–Crippen MR) is 168 cm³/mol. The van der Waals surface area contributed by atoms with Crippen LogP contribution in [0.4, 0.5) is 5.69 Å². The Bertz CT molecular complexity index is 1520. The van der Waals surface area contributed by atoms with Crippen LogP contribution in [0.3, 0.4) is 0 Å². The highest BCUT2D eigenvalue weighted by Gasteiger charge is 2.33. The molecule has 1 fully saturated rings. The van der Waals surface area contributed by atoms with Crippen molar-refractivity contribution in [1.29, 1.82) is 0 Å². The molecule has 0 radical (unpaired) electrons. The molecule has 0 aliphatic heterocycles. The molecule has 10 heteroatoms. The molecule has 4 rings (SSSR count). The number of carbonyl (C=O) groups is 2. The number of amides is 2. The number of hydrogen-bond donors (Lipinski definition) is 1. The lowest BCUT2D eigenvalue weighted by molar-refractivity contribution is -0.139. The fourth-order valence-corrected chi connectivity index (χ4v) is 6.86. The van der Waals surface area contributed by atoms with E-state index in [0.717, 1.165) is 53.1 Å². The summed E-state index contributed by atoms with van der Waals surface area (Å²) in [7, 11) is -4.19. The van der Waals surface area contributed by atoms with E-state index in [-0.39, 0.29) is 39.1 Å². The van der Waals surface area contributed by atoms with E-state index in [2.05, 4.69) is 5.32 Å². The van der Waals surface area contributed by atoms with Crippen LogP contribution in [-0.4, -0.2) is 43.8 Å². The molecule has 3 aromatic carbocycles. The number of nitrogens with one attached hydrogen (secondary N) is 1. The zero-order valence-electron chi connectivity index (χ0n) is 24.1. The van der Waals surface area contributed by atoms with E-state index in [9.17, 15) is 18.0 Å². The summed E-state index contributed by atoms with van der Waals surface area (Å²) in [5.74, 6) is -0.782. The van der Waals surface area contributed by atoms with Gasteiger partial charge >= 0.3 is 0 Å². The van der Waals surface area contributed by atoms with Gasteiger partial charge in [0.2, 0.25) is 11.8 Å². The Hall–Kier alpha value is -3.07. The first kappa shape index (κ1) is 31.9. The highest BCUT2D eigenvalue weighted by Crippen LogP contribution is 2.31. The first-order chi connectivity index (χ1) is 20.0. The number of halogens is 2. The molecule has 0 saturated heterocycles. The van der Waals surface area contributed by atoms with Gasteiger partial charge in [-0.15, -0.1) is 0 Å². The number of rotatable bonds is 10. The van der Waals surface area contributed by atoms with Crippen LogP contribution in [0, 0.1) is 13.8 Å². The van der Waals surface area contributed by atoms with Crippen molar-refractivity contribution in [2.75, 3.05) is 10.8 Å². The quantitative estimate of drug-likeness (QED) is 0.271.